The van der Waals surface area contributed by atoms with Crippen molar-refractivity contribution in [2.45, 2.75) is 13.8 Å². The predicted octanol–water partition coefficient (Wildman–Crippen LogP) is 4.21. The van der Waals surface area contributed by atoms with Crippen LogP contribution in [-0.4, -0.2) is 41.1 Å². The van der Waals surface area contributed by atoms with E-state index in [1.165, 1.54) is 0 Å². The number of aryl methyl sites for hydroxylation is 1. The molecule has 4 rings (SSSR count). The van der Waals surface area contributed by atoms with E-state index in [4.69, 9.17) is 16.6 Å². The molecular formula is C21H23ClN6. The Bertz CT molecular complexity index is 954. The van der Waals surface area contributed by atoms with Crippen LogP contribution in [0.15, 0.2) is 48.7 Å². The maximum absolute atomic E-state index is 6.24. The van der Waals surface area contributed by atoms with Gasteiger partial charge < -0.3 is 15.1 Å². The number of nitrogens with zero attached hydrogens (tertiary/aromatic N) is 5. The molecule has 0 spiro atoms. The molecule has 2 aromatic heterocycles. The Morgan fingerprint density at radius 1 is 0.929 bits per heavy atom. The molecular weight excluding hydrogens is 372 g/mol. The molecule has 0 unspecified atom stereocenters. The number of hydrogen-bond donors (Lipinski definition) is 1. The van der Waals surface area contributed by atoms with Crippen LogP contribution in [0.1, 0.15) is 11.3 Å². The number of halogens is 1. The largest absolute Gasteiger partial charge is 0.353 e. The molecule has 0 amide bonds. The van der Waals surface area contributed by atoms with E-state index in [9.17, 15) is 0 Å². The van der Waals surface area contributed by atoms with Gasteiger partial charge in [-0.25, -0.2) is 9.97 Å². The lowest BCUT2D eigenvalue weighted by Gasteiger charge is -2.35. The van der Waals surface area contributed by atoms with Crippen molar-refractivity contribution in [2.24, 2.45) is 0 Å². The Kier molecular flexibility index (Phi) is 5.30. The van der Waals surface area contributed by atoms with Crippen LogP contribution < -0.4 is 15.1 Å². The number of rotatable bonds is 4. The number of benzene rings is 1. The lowest BCUT2D eigenvalue weighted by Crippen LogP contribution is -2.47. The number of hydrogen-bond acceptors (Lipinski definition) is 6. The number of anilines is 4. The quantitative estimate of drug-likeness (QED) is 0.715. The summed E-state index contributed by atoms with van der Waals surface area (Å²) >= 11 is 6.24. The van der Waals surface area contributed by atoms with Gasteiger partial charge in [0.05, 0.1) is 0 Å². The highest BCUT2D eigenvalue weighted by atomic mass is 35.5. The topological polar surface area (TPSA) is 57.2 Å². The molecule has 1 saturated heterocycles. The van der Waals surface area contributed by atoms with Crippen LogP contribution in [0.3, 0.4) is 0 Å². The highest BCUT2D eigenvalue weighted by Crippen LogP contribution is 2.26. The standard InChI is InChI=1S/C21H23ClN6/c1-15-14-19(25-18-7-5-6-17(22)16(18)2)26-21(24-15)28-12-10-27(11-13-28)20-8-3-4-9-23-20/h3-9,14H,10-13H2,1-2H3,(H,24,25,26). The molecule has 0 radical (unpaired) electrons. The summed E-state index contributed by atoms with van der Waals surface area (Å²) in [6.07, 6.45) is 1.83. The molecule has 1 fully saturated rings. The molecule has 3 heterocycles. The summed E-state index contributed by atoms with van der Waals surface area (Å²) in [5.41, 5.74) is 2.89. The van der Waals surface area contributed by atoms with Crippen LogP contribution >= 0.6 is 11.6 Å². The van der Waals surface area contributed by atoms with Gasteiger partial charge in [-0.05, 0) is 43.7 Å². The Morgan fingerprint density at radius 3 is 2.46 bits per heavy atom. The zero-order chi connectivity index (χ0) is 19.5. The summed E-state index contributed by atoms with van der Waals surface area (Å²) < 4.78 is 0. The van der Waals surface area contributed by atoms with E-state index in [0.717, 1.165) is 65.7 Å². The number of aromatic nitrogens is 3. The van der Waals surface area contributed by atoms with Crippen molar-refractivity contribution in [3.63, 3.8) is 0 Å². The van der Waals surface area contributed by atoms with Crippen molar-refractivity contribution in [1.29, 1.82) is 0 Å². The first-order valence-corrected chi connectivity index (χ1v) is 9.77. The van der Waals surface area contributed by atoms with Gasteiger partial charge in [-0.2, -0.15) is 4.98 Å². The van der Waals surface area contributed by atoms with E-state index in [2.05, 4.69) is 25.1 Å². The third kappa shape index (κ3) is 4.02. The minimum Gasteiger partial charge on any atom is -0.353 e. The van der Waals surface area contributed by atoms with Gasteiger partial charge in [0.25, 0.3) is 0 Å². The van der Waals surface area contributed by atoms with E-state index in [0.29, 0.717) is 0 Å². The minimum absolute atomic E-state index is 0.738. The normalized spacial score (nSPS) is 14.2. The molecule has 144 valence electrons. The van der Waals surface area contributed by atoms with E-state index < -0.39 is 0 Å². The lowest BCUT2D eigenvalue weighted by atomic mass is 10.2. The third-order valence-electron chi connectivity index (χ3n) is 4.91. The lowest BCUT2D eigenvalue weighted by molar-refractivity contribution is 0.634. The SMILES string of the molecule is Cc1cc(Nc2cccc(Cl)c2C)nc(N2CCN(c3ccccn3)CC2)n1. The van der Waals surface area contributed by atoms with Gasteiger partial charge in [-0.1, -0.05) is 23.7 Å². The van der Waals surface area contributed by atoms with Crippen molar-refractivity contribution in [2.75, 3.05) is 41.3 Å². The van der Waals surface area contributed by atoms with Gasteiger partial charge >= 0.3 is 0 Å². The fourth-order valence-corrected chi connectivity index (χ4v) is 3.49. The Balaban J connectivity index is 1.49. The summed E-state index contributed by atoms with van der Waals surface area (Å²) in [6, 6.07) is 13.8. The average Bonchev–Trinajstić information content (AvgIpc) is 2.72. The third-order valence-corrected chi connectivity index (χ3v) is 5.32. The summed E-state index contributed by atoms with van der Waals surface area (Å²) in [7, 11) is 0. The first-order chi connectivity index (χ1) is 13.6. The molecule has 7 heteroatoms. The van der Waals surface area contributed by atoms with E-state index in [1.807, 2.05) is 62.5 Å². The van der Waals surface area contributed by atoms with Crippen LogP contribution in [0.2, 0.25) is 5.02 Å². The first-order valence-electron chi connectivity index (χ1n) is 9.39. The Labute approximate surface area is 170 Å². The molecule has 3 aromatic rings. The van der Waals surface area contributed by atoms with Crippen molar-refractivity contribution >= 4 is 34.9 Å². The van der Waals surface area contributed by atoms with Crippen molar-refractivity contribution in [3.05, 3.63) is 64.9 Å². The second-order valence-electron chi connectivity index (χ2n) is 6.89. The fourth-order valence-electron chi connectivity index (χ4n) is 3.32. The number of piperazine rings is 1. The van der Waals surface area contributed by atoms with E-state index in [1.54, 1.807) is 0 Å². The summed E-state index contributed by atoms with van der Waals surface area (Å²) in [4.78, 5) is 18.4. The van der Waals surface area contributed by atoms with Crippen LogP contribution in [0.4, 0.5) is 23.3 Å². The zero-order valence-electron chi connectivity index (χ0n) is 16.1. The molecule has 1 aliphatic heterocycles. The summed E-state index contributed by atoms with van der Waals surface area (Å²) in [5, 5.41) is 4.12. The maximum atomic E-state index is 6.24. The number of pyridine rings is 1. The molecule has 0 bridgehead atoms. The van der Waals surface area contributed by atoms with Gasteiger partial charge in [0.15, 0.2) is 0 Å². The molecule has 0 aliphatic carbocycles. The van der Waals surface area contributed by atoms with Crippen LogP contribution in [0.5, 0.6) is 0 Å². The summed E-state index contributed by atoms with van der Waals surface area (Å²) in [6.45, 7) is 7.49. The monoisotopic (exact) mass is 394 g/mol. The van der Waals surface area contributed by atoms with E-state index in [-0.39, 0.29) is 0 Å². The molecule has 0 atom stereocenters. The smallest absolute Gasteiger partial charge is 0.227 e. The average molecular weight is 395 g/mol. The first kappa shape index (κ1) is 18.5. The van der Waals surface area contributed by atoms with Crippen LogP contribution in [-0.2, 0) is 0 Å². The second-order valence-corrected chi connectivity index (χ2v) is 7.30. The fraction of sp³-hybridized carbons (Fsp3) is 0.286. The van der Waals surface area contributed by atoms with Crippen LogP contribution in [0, 0.1) is 13.8 Å². The molecule has 1 aliphatic rings. The second kappa shape index (κ2) is 8.02. The molecule has 1 aromatic carbocycles. The van der Waals surface area contributed by atoms with Crippen LogP contribution in [0.25, 0.3) is 0 Å². The molecule has 6 nitrogen and oxygen atoms in total. The minimum atomic E-state index is 0.738. The highest BCUT2D eigenvalue weighted by molar-refractivity contribution is 6.31. The van der Waals surface area contributed by atoms with Crippen molar-refractivity contribution < 1.29 is 0 Å². The molecule has 1 N–H and O–H groups in total. The zero-order valence-corrected chi connectivity index (χ0v) is 16.8. The highest BCUT2D eigenvalue weighted by Gasteiger charge is 2.20. The van der Waals surface area contributed by atoms with Crippen molar-refractivity contribution in [1.82, 2.24) is 15.0 Å². The predicted molar refractivity (Wildman–Crippen MR) is 115 cm³/mol. The van der Waals surface area contributed by atoms with Gasteiger partial charge in [0.1, 0.15) is 11.6 Å². The number of nitrogens with one attached hydrogen (secondary N) is 1. The Hall–Kier alpha value is -2.86. The molecule has 0 saturated carbocycles. The van der Waals surface area contributed by atoms with Gasteiger partial charge in [-0.3, -0.25) is 0 Å². The van der Waals surface area contributed by atoms with Crippen molar-refractivity contribution in [3.8, 4) is 0 Å². The Morgan fingerprint density at radius 2 is 1.71 bits per heavy atom. The van der Waals surface area contributed by atoms with Gasteiger partial charge in [-0.15, -0.1) is 0 Å². The van der Waals surface area contributed by atoms with Gasteiger partial charge in [0.2, 0.25) is 5.95 Å². The van der Waals surface area contributed by atoms with Gasteiger partial charge in [0, 0.05) is 54.8 Å². The van der Waals surface area contributed by atoms with E-state index >= 15 is 0 Å². The maximum Gasteiger partial charge on any atom is 0.227 e. The summed E-state index contributed by atoms with van der Waals surface area (Å²) in [5.74, 6) is 2.55. The molecule has 28 heavy (non-hydrogen) atoms.